The highest BCUT2D eigenvalue weighted by Crippen LogP contribution is 2.16. The number of sulfone groups is 1. The summed E-state index contributed by atoms with van der Waals surface area (Å²) in [6, 6.07) is 3.22. The molecule has 0 aliphatic heterocycles. The van der Waals surface area contributed by atoms with Crippen LogP contribution in [0, 0.1) is 0 Å². The molecule has 0 aliphatic carbocycles. The summed E-state index contributed by atoms with van der Waals surface area (Å²) >= 11 is 1.10. The molecule has 0 aliphatic rings. The summed E-state index contributed by atoms with van der Waals surface area (Å²) in [5.41, 5.74) is 5.13. The molecule has 0 spiro atoms. The summed E-state index contributed by atoms with van der Waals surface area (Å²) in [4.78, 5) is 14.7. The van der Waals surface area contributed by atoms with Gasteiger partial charge in [0, 0.05) is 5.38 Å². The van der Waals surface area contributed by atoms with Crippen LogP contribution in [0.25, 0.3) is 0 Å². The molecule has 6 nitrogen and oxygen atoms in total. The molecule has 0 saturated carbocycles. The third-order valence-electron chi connectivity index (χ3n) is 2.09. The first kappa shape index (κ1) is 12.8. The van der Waals surface area contributed by atoms with E-state index in [2.05, 4.69) is 4.98 Å². The van der Waals surface area contributed by atoms with Crippen LogP contribution in [-0.2, 0) is 21.3 Å². The van der Waals surface area contributed by atoms with Crippen molar-refractivity contribution in [1.29, 1.82) is 0 Å². The normalized spacial score (nSPS) is 11.6. The fourth-order valence-electron chi connectivity index (χ4n) is 1.34. The molecule has 2 N–H and O–H groups in total. The zero-order valence-electron chi connectivity index (χ0n) is 9.20. The average Bonchev–Trinajstić information content (AvgIpc) is 2.87. The summed E-state index contributed by atoms with van der Waals surface area (Å²) in [5, 5.41) is 1.79. The largest absolute Gasteiger partial charge is 0.468 e. The minimum atomic E-state index is -3.37. The number of nitrogens with zero attached hydrogens (tertiary/aromatic N) is 1. The predicted molar refractivity (Wildman–Crippen MR) is 65.7 cm³/mol. The number of rotatable bonds is 5. The highest BCUT2D eigenvalue weighted by atomic mass is 32.2. The van der Waals surface area contributed by atoms with Crippen molar-refractivity contribution in [1.82, 2.24) is 4.98 Å². The summed E-state index contributed by atoms with van der Waals surface area (Å²) in [7, 11) is -3.37. The lowest BCUT2D eigenvalue weighted by molar-refractivity contribution is 0.0996. The number of hydrogen-bond acceptors (Lipinski definition) is 6. The van der Waals surface area contributed by atoms with Crippen LogP contribution in [0.2, 0.25) is 0 Å². The molecule has 0 unspecified atom stereocenters. The first-order valence-electron chi connectivity index (χ1n) is 4.93. The minimum Gasteiger partial charge on any atom is -0.468 e. The number of carbonyl (C=O) groups is 1. The maximum atomic E-state index is 11.8. The molecule has 2 rings (SSSR count). The molecule has 0 fully saturated rings. The number of primary amides is 1. The second-order valence-corrected chi connectivity index (χ2v) is 6.61. The monoisotopic (exact) mass is 286 g/mol. The van der Waals surface area contributed by atoms with E-state index in [4.69, 9.17) is 10.2 Å². The van der Waals surface area contributed by atoms with Gasteiger partial charge in [0.05, 0.1) is 6.26 Å². The van der Waals surface area contributed by atoms with Gasteiger partial charge in [0.15, 0.2) is 9.84 Å². The Morgan fingerprint density at radius 1 is 1.44 bits per heavy atom. The Kier molecular flexibility index (Phi) is 3.48. The van der Waals surface area contributed by atoms with Gasteiger partial charge in [-0.1, -0.05) is 0 Å². The lowest BCUT2D eigenvalue weighted by Crippen LogP contribution is -2.12. The van der Waals surface area contributed by atoms with Crippen molar-refractivity contribution in [2.24, 2.45) is 5.73 Å². The summed E-state index contributed by atoms with van der Waals surface area (Å²) in [5.74, 6) is -0.709. The molecule has 0 bridgehead atoms. The van der Waals surface area contributed by atoms with E-state index in [0.29, 0.717) is 10.8 Å². The van der Waals surface area contributed by atoms with E-state index in [1.54, 1.807) is 12.1 Å². The Hall–Kier alpha value is -1.67. The number of carbonyl (C=O) groups excluding carboxylic acids is 1. The second-order valence-electron chi connectivity index (χ2n) is 3.60. The lowest BCUT2D eigenvalue weighted by atomic mass is 10.5. The smallest absolute Gasteiger partial charge is 0.268 e. The van der Waals surface area contributed by atoms with Gasteiger partial charge in [0.25, 0.3) is 5.91 Å². The van der Waals surface area contributed by atoms with E-state index in [-0.39, 0.29) is 17.2 Å². The molecular weight excluding hydrogens is 276 g/mol. The van der Waals surface area contributed by atoms with Gasteiger partial charge in [-0.05, 0) is 12.1 Å². The van der Waals surface area contributed by atoms with Gasteiger partial charge in [-0.2, -0.15) is 0 Å². The number of amides is 1. The van der Waals surface area contributed by atoms with Crippen LogP contribution in [0.1, 0.15) is 21.3 Å². The zero-order chi connectivity index (χ0) is 13.2. The second kappa shape index (κ2) is 4.91. The Morgan fingerprint density at radius 3 is 2.78 bits per heavy atom. The first-order valence-corrected chi connectivity index (χ1v) is 7.63. The van der Waals surface area contributed by atoms with Gasteiger partial charge in [-0.3, -0.25) is 4.79 Å². The van der Waals surface area contributed by atoms with Crippen LogP contribution < -0.4 is 5.73 Å². The molecule has 0 radical (unpaired) electrons. The third-order valence-corrected chi connectivity index (χ3v) is 4.56. The average molecular weight is 286 g/mol. The van der Waals surface area contributed by atoms with Crippen LogP contribution in [0.3, 0.4) is 0 Å². The topological polar surface area (TPSA) is 103 Å². The van der Waals surface area contributed by atoms with Crippen LogP contribution in [-0.4, -0.2) is 19.3 Å². The standard InChI is InChI=1S/C10H10N2O4S2/c11-10(13)8-4-17-9(12-8)6-18(14,15)5-7-2-1-3-16-7/h1-4H,5-6H2,(H2,11,13). The van der Waals surface area contributed by atoms with Crippen molar-refractivity contribution in [2.75, 3.05) is 0 Å². The SMILES string of the molecule is NC(=O)c1csc(CS(=O)(=O)Cc2ccco2)n1. The quantitative estimate of drug-likeness (QED) is 0.881. The number of furan rings is 1. The highest BCUT2D eigenvalue weighted by Gasteiger charge is 2.18. The highest BCUT2D eigenvalue weighted by molar-refractivity contribution is 7.89. The maximum absolute atomic E-state index is 11.8. The summed E-state index contributed by atoms with van der Waals surface area (Å²) in [6.07, 6.45) is 1.42. The molecule has 0 atom stereocenters. The number of nitrogens with two attached hydrogens (primary N) is 1. The molecule has 2 aromatic heterocycles. The lowest BCUT2D eigenvalue weighted by Gasteiger charge is -1.99. The zero-order valence-corrected chi connectivity index (χ0v) is 10.8. The van der Waals surface area contributed by atoms with E-state index < -0.39 is 15.7 Å². The Balaban J connectivity index is 2.10. The van der Waals surface area contributed by atoms with E-state index in [1.807, 2.05) is 0 Å². The van der Waals surface area contributed by atoms with E-state index >= 15 is 0 Å². The van der Waals surface area contributed by atoms with E-state index in [9.17, 15) is 13.2 Å². The van der Waals surface area contributed by atoms with Gasteiger partial charge in [-0.25, -0.2) is 13.4 Å². The van der Waals surface area contributed by atoms with Gasteiger partial charge >= 0.3 is 0 Å². The van der Waals surface area contributed by atoms with Crippen molar-refractivity contribution < 1.29 is 17.6 Å². The molecule has 2 aromatic rings. The molecular formula is C10H10N2O4S2. The maximum Gasteiger partial charge on any atom is 0.268 e. The molecule has 18 heavy (non-hydrogen) atoms. The van der Waals surface area contributed by atoms with Gasteiger partial charge in [0.2, 0.25) is 0 Å². The Bertz CT molecular complexity index is 643. The summed E-state index contributed by atoms with van der Waals surface area (Å²) < 4.78 is 28.7. The van der Waals surface area contributed by atoms with Gasteiger partial charge < -0.3 is 10.2 Å². The predicted octanol–water partition coefficient (Wildman–Crippen LogP) is 0.950. The van der Waals surface area contributed by atoms with Crippen molar-refractivity contribution in [3.8, 4) is 0 Å². The molecule has 1 amide bonds. The van der Waals surface area contributed by atoms with Crippen LogP contribution in [0.5, 0.6) is 0 Å². The molecule has 2 heterocycles. The first-order chi connectivity index (χ1) is 8.46. The van der Waals surface area contributed by atoms with Gasteiger partial charge in [0.1, 0.15) is 28.0 Å². The minimum absolute atomic E-state index is 0.0863. The fourth-order valence-corrected chi connectivity index (χ4v) is 3.86. The number of hydrogen-bond donors (Lipinski definition) is 1. The van der Waals surface area contributed by atoms with Gasteiger partial charge in [-0.15, -0.1) is 11.3 Å². The summed E-state index contributed by atoms with van der Waals surface area (Å²) in [6.45, 7) is 0. The van der Waals surface area contributed by atoms with Crippen LogP contribution >= 0.6 is 11.3 Å². The third kappa shape index (κ3) is 3.17. The molecule has 0 aromatic carbocycles. The fraction of sp³-hybridized carbons (Fsp3) is 0.200. The number of aromatic nitrogens is 1. The van der Waals surface area contributed by atoms with E-state index in [1.165, 1.54) is 11.6 Å². The number of thiazole rings is 1. The molecule has 96 valence electrons. The van der Waals surface area contributed by atoms with Crippen molar-refractivity contribution in [3.05, 3.63) is 40.2 Å². The molecule has 8 heteroatoms. The van der Waals surface area contributed by atoms with Crippen molar-refractivity contribution in [3.63, 3.8) is 0 Å². The van der Waals surface area contributed by atoms with Crippen LogP contribution in [0.4, 0.5) is 0 Å². The van der Waals surface area contributed by atoms with Crippen molar-refractivity contribution >= 4 is 27.1 Å². The Labute approximate surface area is 107 Å². The van der Waals surface area contributed by atoms with E-state index in [0.717, 1.165) is 11.3 Å². The van der Waals surface area contributed by atoms with Crippen LogP contribution in [0.15, 0.2) is 28.2 Å². The molecule has 0 saturated heterocycles. The van der Waals surface area contributed by atoms with Crippen molar-refractivity contribution in [2.45, 2.75) is 11.5 Å². The Morgan fingerprint density at radius 2 is 2.22 bits per heavy atom.